The zero-order valence-electron chi connectivity index (χ0n) is 17.4. The van der Waals surface area contributed by atoms with Crippen LogP contribution in [0.5, 0.6) is 0 Å². The standard InChI is InChI=1S/C23H22N6OS/c1-16(2)29-22-19(14-26-29)18(12-20(27-22)21-7-4-11-31-21)23(30)28(10-5-8-24)15-17-6-3-9-25-13-17/h3-4,6-7,9,11-14,16H,5,10,15H2,1-2H3. The number of nitriles is 1. The lowest BCUT2D eigenvalue weighted by Gasteiger charge is -2.22. The first-order valence-electron chi connectivity index (χ1n) is 10.1. The van der Waals surface area contributed by atoms with Crippen molar-refractivity contribution >= 4 is 28.3 Å². The van der Waals surface area contributed by atoms with Gasteiger partial charge in [0, 0.05) is 31.5 Å². The molecule has 4 heterocycles. The SMILES string of the molecule is CC(C)n1ncc2c(C(=O)N(CCC#N)Cc3cccnc3)cc(-c3cccs3)nc21. The number of aromatic nitrogens is 4. The first-order valence-corrected chi connectivity index (χ1v) is 10.9. The Morgan fingerprint density at radius 2 is 2.16 bits per heavy atom. The summed E-state index contributed by atoms with van der Waals surface area (Å²) in [7, 11) is 0. The van der Waals surface area contributed by atoms with Gasteiger partial charge in [0.15, 0.2) is 5.65 Å². The van der Waals surface area contributed by atoms with Crippen LogP contribution in [0.3, 0.4) is 0 Å². The Kier molecular flexibility index (Phi) is 6.05. The van der Waals surface area contributed by atoms with E-state index in [1.54, 1.807) is 34.8 Å². The Labute approximate surface area is 184 Å². The Morgan fingerprint density at radius 1 is 1.29 bits per heavy atom. The smallest absolute Gasteiger partial charge is 0.255 e. The number of pyridine rings is 2. The molecule has 0 saturated carbocycles. The summed E-state index contributed by atoms with van der Waals surface area (Å²) < 4.78 is 1.84. The molecule has 0 radical (unpaired) electrons. The summed E-state index contributed by atoms with van der Waals surface area (Å²) >= 11 is 1.58. The van der Waals surface area contributed by atoms with Gasteiger partial charge in [0.1, 0.15) is 0 Å². The summed E-state index contributed by atoms with van der Waals surface area (Å²) in [6.07, 6.45) is 5.40. The van der Waals surface area contributed by atoms with Crippen molar-refractivity contribution in [3.8, 4) is 16.6 Å². The lowest BCUT2D eigenvalue weighted by Crippen LogP contribution is -2.31. The van der Waals surface area contributed by atoms with E-state index in [2.05, 4.69) is 16.2 Å². The van der Waals surface area contributed by atoms with Crippen molar-refractivity contribution in [3.63, 3.8) is 0 Å². The van der Waals surface area contributed by atoms with Gasteiger partial charge in [0.25, 0.3) is 5.91 Å². The van der Waals surface area contributed by atoms with Crippen molar-refractivity contribution in [1.29, 1.82) is 5.26 Å². The molecule has 0 aliphatic heterocycles. The van der Waals surface area contributed by atoms with E-state index in [1.807, 2.05) is 54.2 Å². The highest BCUT2D eigenvalue weighted by Crippen LogP contribution is 2.30. The van der Waals surface area contributed by atoms with E-state index in [9.17, 15) is 4.79 Å². The molecule has 156 valence electrons. The van der Waals surface area contributed by atoms with Gasteiger partial charge in [-0.1, -0.05) is 12.1 Å². The molecule has 7 nitrogen and oxygen atoms in total. The van der Waals surface area contributed by atoms with Crippen LogP contribution < -0.4 is 0 Å². The third-order valence-electron chi connectivity index (χ3n) is 4.94. The van der Waals surface area contributed by atoms with Gasteiger partial charge >= 0.3 is 0 Å². The molecule has 0 atom stereocenters. The number of carbonyl (C=O) groups is 1. The largest absolute Gasteiger partial charge is 0.333 e. The van der Waals surface area contributed by atoms with Gasteiger partial charge in [-0.05, 0) is 43.0 Å². The average Bonchev–Trinajstić information content (AvgIpc) is 3.46. The number of hydrogen-bond acceptors (Lipinski definition) is 6. The number of hydrogen-bond donors (Lipinski definition) is 0. The van der Waals surface area contributed by atoms with E-state index < -0.39 is 0 Å². The molecule has 4 aromatic heterocycles. The van der Waals surface area contributed by atoms with E-state index in [1.165, 1.54) is 0 Å². The van der Waals surface area contributed by atoms with E-state index in [4.69, 9.17) is 10.2 Å². The van der Waals surface area contributed by atoms with Gasteiger partial charge in [-0.15, -0.1) is 11.3 Å². The second-order valence-corrected chi connectivity index (χ2v) is 8.40. The molecule has 0 aromatic carbocycles. The van der Waals surface area contributed by atoms with Crippen LogP contribution in [0.1, 0.15) is 42.2 Å². The van der Waals surface area contributed by atoms with Crippen molar-refractivity contribution in [2.45, 2.75) is 32.9 Å². The first kappa shape index (κ1) is 20.7. The summed E-state index contributed by atoms with van der Waals surface area (Å²) in [6.45, 7) is 4.79. The molecule has 31 heavy (non-hydrogen) atoms. The highest BCUT2D eigenvalue weighted by Gasteiger charge is 2.23. The fraction of sp³-hybridized carbons (Fsp3) is 0.261. The molecule has 4 rings (SSSR count). The van der Waals surface area contributed by atoms with Crippen molar-refractivity contribution in [3.05, 3.63) is 65.4 Å². The highest BCUT2D eigenvalue weighted by atomic mass is 32.1. The van der Waals surface area contributed by atoms with Crippen molar-refractivity contribution in [2.75, 3.05) is 6.54 Å². The maximum absolute atomic E-state index is 13.7. The fourth-order valence-electron chi connectivity index (χ4n) is 3.44. The molecule has 0 N–H and O–H groups in total. The minimum Gasteiger partial charge on any atom is -0.333 e. The summed E-state index contributed by atoms with van der Waals surface area (Å²) in [5, 5.41) is 16.3. The highest BCUT2D eigenvalue weighted by molar-refractivity contribution is 7.13. The molecule has 0 bridgehead atoms. The lowest BCUT2D eigenvalue weighted by atomic mass is 10.1. The Balaban J connectivity index is 1.81. The lowest BCUT2D eigenvalue weighted by molar-refractivity contribution is 0.0748. The summed E-state index contributed by atoms with van der Waals surface area (Å²) in [4.78, 5) is 25.4. The molecule has 0 saturated heterocycles. The molecule has 1 amide bonds. The van der Waals surface area contributed by atoms with E-state index >= 15 is 0 Å². The van der Waals surface area contributed by atoms with E-state index in [-0.39, 0.29) is 18.4 Å². The van der Waals surface area contributed by atoms with Crippen LogP contribution in [0.4, 0.5) is 0 Å². The van der Waals surface area contributed by atoms with Crippen LogP contribution in [0.25, 0.3) is 21.6 Å². The summed E-state index contributed by atoms with van der Waals surface area (Å²) in [6, 6.07) is 11.8. The average molecular weight is 431 g/mol. The summed E-state index contributed by atoms with van der Waals surface area (Å²) in [5.74, 6) is -0.146. The topological polar surface area (TPSA) is 87.7 Å². The second kappa shape index (κ2) is 9.06. The van der Waals surface area contributed by atoms with Crippen LogP contribution in [0, 0.1) is 11.3 Å². The molecular weight excluding hydrogens is 408 g/mol. The number of carbonyl (C=O) groups excluding carboxylic acids is 1. The van der Waals surface area contributed by atoms with Crippen LogP contribution in [0.2, 0.25) is 0 Å². The molecule has 4 aromatic rings. The molecule has 8 heteroatoms. The fourth-order valence-corrected chi connectivity index (χ4v) is 4.13. The minimum absolute atomic E-state index is 0.108. The number of fused-ring (bicyclic) bond motifs is 1. The molecule has 0 unspecified atom stereocenters. The first-order chi connectivity index (χ1) is 15.1. The van der Waals surface area contributed by atoms with Gasteiger partial charge in [-0.25, -0.2) is 9.67 Å². The Hall–Kier alpha value is -3.57. The van der Waals surface area contributed by atoms with Gasteiger partial charge in [-0.3, -0.25) is 9.78 Å². The van der Waals surface area contributed by atoms with E-state index in [0.29, 0.717) is 29.7 Å². The quantitative estimate of drug-likeness (QED) is 0.424. The van der Waals surface area contributed by atoms with Crippen molar-refractivity contribution in [2.24, 2.45) is 0 Å². The Morgan fingerprint density at radius 3 is 2.84 bits per heavy atom. The number of rotatable bonds is 7. The monoisotopic (exact) mass is 430 g/mol. The normalized spacial score (nSPS) is 11.0. The van der Waals surface area contributed by atoms with Gasteiger partial charge in [0.2, 0.25) is 0 Å². The zero-order chi connectivity index (χ0) is 21.8. The van der Waals surface area contributed by atoms with Crippen LogP contribution in [0.15, 0.2) is 54.3 Å². The summed E-state index contributed by atoms with van der Waals surface area (Å²) in [5.41, 5.74) is 2.89. The van der Waals surface area contributed by atoms with E-state index in [0.717, 1.165) is 16.1 Å². The second-order valence-electron chi connectivity index (χ2n) is 7.45. The number of thiophene rings is 1. The maximum atomic E-state index is 13.7. The minimum atomic E-state index is -0.146. The third kappa shape index (κ3) is 4.32. The van der Waals surface area contributed by atoms with Crippen LogP contribution >= 0.6 is 11.3 Å². The predicted molar refractivity (Wildman–Crippen MR) is 120 cm³/mol. The maximum Gasteiger partial charge on any atom is 0.255 e. The molecule has 0 aliphatic rings. The number of amides is 1. The molecule has 0 fully saturated rings. The number of nitrogens with zero attached hydrogens (tertiary/aromatic N) is 6. The zero-order valence-corrected chi connectivity index (χ0v) is 18.2. The van der Waals surface area contributed by atoms with Gasteiger partial charge in [-0.2, -0.15) is 10.4 Å². The van der Waals surface area contributed by atoms with Crippen LogP contribution in [-0.4, -0.2) is 37.1 Å². The van der Waals surface area contributed by atoms with Crippen molar-refractivity contribution in [1.82, 2.24) is 24.6 Å². The molecule has 0 aliphatic carbocycles. The van der Waals surface area contributed by atoms with Crippen LogP contribution in [-0.2, 0) is 6.54 Å². The molecular formula is C23H22N6OS. The van der Waals surface area contributed by atoms with Gasteiger partial charge < -0.3 is 4.90 Å². The predicted octanol–water partition coefficient (Wildman–Crippen LogP) is 4.69. The van der Waals surface area contributed by atoms with Gasteiger partial charge in [0.05, 0.1) is 40.2 Å². The van der Waals surface area contributed by atoms with Crippen molar-refractivity contribution < 1.29 is 4.79 Å². The Bertz CT molecular complexity index is 1220. The molecule has 0 spiro atoms. The third-order valence-corrected chi connectivity index (χ3v) is 5.83.